The van der Waals surface area contributed by atoms with E-state index in [9.17, 15) is 0 Å². The SMILES string of the molecule is CCOc1cccc(CNCc2cnc(C)cn2)c1. The third kappa shape index (κ3) is 4.34. The fourth-order valence-corrected chi connectivity index (χ4v) is 1.76. The average Bonchev–Trinajstić information content (AvgIpc) is 2.42. The van der Waals surface area contributed by atoms with Crippen LogP contribution in [0.2, 0.25) is 0 Å². The summed E-state index contributed by atoms with van der Waals surface area (Å²) in [5.41, 5.74) is 3.09. The highest BCUT2D eigenvalue weighted by molar-refractivity contribution is 5.28. The molecule has 0 atom stereocenters. The van der Waals surface area contributed by atoms with E-state index in [1.54, 1.807) is 12.4 Å². The Morgan fingerprint density at radius 2 is 2.05 bits per heavy atom. The van der Waals surface area contributed by atoms with E-state index in [-0.39, 0.29) is 0 Å². The summed E-state index contributed by atoms with van der Waals surface area (Å²) in [6, 6.07) is 8.11. The Hall–Kier alpha value is -1.94. The third-order valence-corrected chi connectivity index (χ3v) is 2.68. The molecule has 0 saturated carbocycles. The first-order valence-corrected chi connectivity index (χ1v) is 6.48. The molecule has 0 saturated heterocycles. The second-order valence-corrected chi connectivity index (χ2v) is 4.33. The maximum atomic E-state index is 5.47. The number of nitrogens with zero attached hydrogens (tertiary/aromatic N) is 2. The summed E-state index contributed by atoms with van der Waals surface area (Å²) in [5, 5.41) is 3.35. The van der Waals surface area contributed by atoms with Crippen LogP contribution in [0.4, 0.5) is 0 Å². The number of ether oxygens (including phenoxy) is 1. The van der Waals surface area contributed by atoms with Gasteiger partial charge in [0.25, 0.3) is 0 Å². The van der Waals surface area contributed by atoms with Crippen molar-refractivity contribution in [1.29, 1.82) is 0 Å². The molecule has 19 heavy (non-hydrogen) atoms. The molecule has 1 N–H and O–H groups in total. The standard InChI is InChI=1S/C15H19N3O/c1-3-19-15-6-4-5-13(7-15)9-16-10-14-11-17-12(2)8-18-14/h4-8,11,16H,3,9-10H2,1-2H3. The van der Waals surface area contributed by atoms with Gasteiger partial charge < -0.3 is 10.1 Å². The zero-order valence-corrected chi connectivity index (χ0v) is 11.4. The molecule has 4 nitrogen and oxygen atoms in total. The second kappa shape index (κ2) is 6.85. The van der Waals surface area contributed by atoms with Crippen molar-refractivity contribution in [2.75, 3.05) is 6.61 Å². The van der Waals surface area contributed by atoms with E-state index in [0.717, 1.165) is 23.7 Å². The van der Waals surface area contributed by atoms with Crippen LogP contribution in [-0.2, 0) is 13.1 Å². The van der Waals surface area contributed by atoms with Crippen molar-refractivity contribution in [3.63, 3.8) is 0 Å². The maximum Gasteiger partial charge on any atom is 0.119 e. The Labute approximate surface area is 113 Å². The minimum Gasteiger partial charge on any atom is -0.494 e. The van der Waals surface area contributed by atoms with E-state index >= 15 is 0 Å². The van der Waals surface area contributed by atoms with Gasteiger partial charge >= 0.3 is 0 Å². The lowest BCUT2D eigenvalue weighted by Crippen LogP contribution is -2.14. The van der Waals surface area contributed by atoms with E-state index in [1.165, 1.54) is 5.56 Å². The van der Waals surface area contributed by atoms with Gasteiger partial charge in [-0.25, -0.2) is 0 Å². The van der Waals surface area contributed by atoms with Crippen LogP contribution in [-0.4, -0.2) is 16.6 Å². The highest BCUT2D eigenvalue weighted by atomic mass is 16.5. The van der Waals surface area contributed by atoms with Crippen molar-refractivity contribution in [2.45, 2.75) is 26.9 Å². The van der Waals surface area contributed by atoms with Gasteiger partial charge in [0.2, 0.25) is 0 Å². The lowest BCUT2D eigenvalue weighted by Gasteiger charge is -2.07. The summed E-state index contributed by atoms with van der Waals surface area (Å²) in [4.78, 5) is 8.53. The summed E-state index contributed by atoms with van der Waals surface area (Å²) >= 11 is 0. The van der Waals surface area contributed by atoms with Gasteiger partial charge in [0.05, 0.1) is 18.0 Å². The largest absolute Gasteiger partial charge is 0.494 e. The molecule has 1 heterocycles. The summed E-state index contributed by atoms with van der Waals surface area (Å²) in [6.45, 7) is 6.11. The van der Waals surface area contributed by atoms with Crippen LogP contribution in [0.1, 0.15) is 23.9 Å². The predicted molar refractivity (Wildman–Crippen MR) is 74.9 cm³/mol. The normalized spacial score (nSPS) is 10.4. The first kappa shape index (κ1) is 13.5. The number of hydrogen-bond donors (Lipinski definition) is 1. The number of rotatable bonds is 6. The van der Waals surface area contributed by atoms with Crippen molar-refractivity contribution in [3.8, 4) is 5.75 Å². The van der Waals surface area contributed by atoms with Gasteiger partial charge in [0.15, 0.2) is 0 Å². The van der Waals surface area contributed by atoms with Crippen LogP contribution in [0.5, 0.6) is 5.75 Å². The van der Waals surface area contributed by atoms with Gasteiger partial charge in [-0.15, -0.1) is 0 Å². The lowest BCUT2D eigenvalue weighted by atomic mass is 10.2. The van der Waals surface area contributed by atoms with E-state index in [0.29, 0.717) is 13.2 Å². The van der Waals surface area contributed by atoms with Crippen molar-refractivity contribution in [2.24, 2.45) is 0 Å². The fourth-order valence-electron chi connectivity index (χ4n) is 1.76. The highest BCUT2D eigenvalue weighted by Gasteiger charge is 1.98. The van der Waals surface area contributed by atoms with Crippen LogP contribution in [0, 0.1) is 6.92 Å². The predicted octanol–water partition coefficient (Wildman–Crippen LogP) is 2.47. The average molecular weight is 257 g/mol. The molecule has 1 aromatic carbocycles. The van der Waals surface area contributed by atoms with E-state index in [4.69, 9.17) is 4.74 Å². The molecule has 0 aliphatic rings. The summed E-state index contributed by atoms with van der Waals surface area (Å²) in [7, 11) is 0. The zero-order chi connectivity index (χ0) is 13.5. The van der Waals surface area contributed by atoms with Crippen LogP contribution < -0.4 is 10.1 Å². The Morgan fingerprint density at radius 3 is 2.79 bits per heavy atom. The Bertz CT molecular complexity index is 511. The van der Waals surface area contributed by atoms with Gasteiger partial charge in [-0.05, 0) is 31.5 Å². The quantitative estimate of drug-likeness (QED) is 0.863. The summed E-state index contributed by atoms with van der Waals surface area (Å²) in [5.74, 6) is 0.914. The lowest BCUT2D eigenvalue weighted by molar-refractivity contribution is 0.340. The number of aromatic nitrogens is 2. The molecule has 0 radical (unpaired) electrons. The van der Waals surface area contributed by atoms with Gasteiger partial charge in [0, 0.05) is 25.5 Å². The Morgan fingerprint density at radius 1 is 1.16 bits per heavy atom. The maximum absolute atomic E-state index is 5.47. The molecule has 4 heteroatoms. The van der Waals surface area contributed by atoms with Gasteiger partial charge in [-0.2, -0.15) is 0 Å². The molecule has 1 aromatic heterocycles. The van der Waals surface area contributed by atoms with Gasteiger partial charge in [0.1, 0.15) is 5.75 Å². The third-order valence-electron chi connectivity index (χ3n) is 2.68. The molecular weight excluding hydrogens is 238 g/mol. The first-order chi connectivity index (χ1) is 9.28. The van der Waals surface area contributed by atoms with E-state index in [1.807, 2.05) is 26.0 Å². The molecule has 0 amide bonds. The molecule has 0 spiro atoms. The topological polar surface area (TPSA) is 47.0 Å². The number of aryl methyl sites for hydroxylation is 1. The molecular formula is C15H19N3O. The van der Waals surface area contributed by atoms with Crippen LogP contribution >= 0.6 is 0 Å². The van der Waals surface area contributed by atoms with Crippen LogP contribution in [0.3, 0.4) is 0 Å². The molecule has 2 aromatic rings. The van der Waals surface area contributed by atoms with Crippen molar-refractivity contribution in [3.05, 3.63) is 53.6 Å². The van der Waals surface area contributed by atoms with Crippen LogP contribution in [0.15, 0.2) is 36.7 Å². The Kier molecular flexibility index (Phi) is 4.86. The Balaban J connectivity index is 1.85. The molecule has 0 aliphatic carbocycles. The van der Waals surface area contributed by atoms with Gasteiger partial charge in [-0.3, -0.25) is 9.97 Å². The molecule has 100 valence electrons. The second-order valence-electron chi connectivity index (χ2n) is 4.33. The van der Waals surface area contributed by atoms with Crippen molar-refractivity contribution in [1.82, 2.24) is 15.3 Å². The number of benzene rings is 1. The van der Waals surface area contributed by atoms with E-state index < -0.39 is 0 Å². The first-order valence-electron chi connectivity index (χ1n) is 6.48. The van der Waals surface area contributed by atoms with Crippen molar-refractivity contribution < 1.29 is 4.74 Å². The number of hydrogen-bond acceptors (Lipinski definition) is 4. The fraction of sp³-hybridized carbons (Fsp3) is 0.333. The van der Waals surface area contributed by atoms with Crippen molar-refractivity contribution >= 4 is 0 Å². The van der Waals surface area contributed by atoms with Gasteiger partial charge in [-0.1, -0.05) is 12.1 Å². The smallest absolute Gasteiger partial charge is 0.119 e. The van der Waals surface area contributed by atoms with E-state index in [2.05, 4.69) is 27.4 Å². The zero-order valence-electron chi connectivity index (χ0n) is 11.4. The summed E-state index contributed by atoms with van der Waals surface area (Å²) < 4.78 is 5.47. The highest BCUT2D eigenvalue weighted by Crippen LogP contribution is 2.13. The molecule has 0 bridgehead atoms. The monoisotopic (exact) mass is 257 g/mol. The summed E-state index contributed by atoms with van der Waals surface area (Å²) in [6.07, 6.45) is 3.59. The van der Waals surface area contributed by atoms with Crippen LogP contribution in [0.25, 0.3) is 0 Å². The minimum atomic E-state index is 0.690. The molecule has 0 aliphatic heterocycles. The molecule has 0 unspecified atom stereocenters. The molecule has 0 fully saturated rings. The number of nitrogens with one attached hydrogen (secondary N) is 1. The minimum absolute atomic E-state index is 0.690. The molecule has 2 rings (SSSR count).